The normalized spacial score (nSPS) is 21.2. The predicted molar refractivity (Wildman–Crippen MR) is 82.3 cm³/mol. The molecule has 1 aliphatic heterocycles. The lowest BCUT2D eigenvalue weighted by Gasteiger charge is -2.42. The molecule has 3 heteroatoms. The van der Waals surface area contributed by atoms with Gasteiger partial charge in [-0.3, -0.25) is 0 Å². The van der Waals surface area contributed by atoms with Crippen molar-refractivity contribution in [2.75, 3.05) is 24.5 Å². The summed E-state index contributed by atoms with van der Waals surface area (Å²) in [4.78, 5) is 2.51. The molecule has 0 bridgehead atoms. The van der Waals surface area contributed by atoms with E-state index in [0.29, 0.717) is 11.5 Å². The summed E-state index contributed by atoms with van der Waals surface area (Å²) in [6, 6.07) is 7.11. The van der Waals surface area contributed by atoms with Crippen LogP contribution in [0.15, 0.2) is 22.7 Å². The van der Waals surface area contributed by atoms with E-state index in [-0.39, 0.29) is 0 Å². The van der Waals surface area contributed by atoms with Crippen molar-refractivity contribution in [3.05, 3.63) is 28.2 Å². The van der Waals surface area contributed by atoms with E-state index in [2.05, 4.69) is 72.0 Å². The van der Waals surface area contributed by atoms with E-state index in [9.17, 15) is 0 Å². The Hall–Kier alpha value is -0.540. The molecule has 0 aromatic heterocycles. The van der Waals surface area contributed by atoms with E-state index in [1.807, 2.05) is 0 Å². The zero-order valence-corrected chi connectivity index (χ0v) is 13.3. The Bertz CT molecular complexity index is 423. The number of nitrogens with one attached hydrogen (secondary N) is 1. The van der Waals surface area contributed by atoms with Gasteiger partial charge in [-0.05, 0) is 36.1 Å². The zero-order valence-electron chi connectivity index (χ0n) is 11.8. The molecule has 0 saturated carbocycles. The van der Waals surface area contributed by atoms with Gasteiger partial charge in [-0.15, -0.1) is 0 Å². The van der Waals surface area contributed by atoms with Crippen molar-refractivity contribution in [2.45, 2.75) is 33.7 Å². The molecule has 0 aliphatic carbocycles. The van der Waals surface area contributed by atoms with Crippen molar-refractivity contribution < 1.29 is 0 Å². The Morgan fingerprint density at radius 1 is 1.33 bits per heavy atom. The van der Waals surface area contributed by atoms with Crippen LogP contribution in [0, 0.1) is 12.3 Å². The lowest BCUT2D eigenvalue weighted by molar-refractivity contribution is 0.254. The largest absolute Gasteiger partial charge is 0.368 e. The van der Waals surface area contributed by atoms with Gasteiger partial charge in [-0.2, -0.15) is 0 Å². The second-order valence-electron chi connectivity index (χ2n) is 6.25. The summed E-state index contributed by atoms with van der Waals surface area (Å²) < 4.78 is 1.16. The summed E-state index contributed by atoms with van der Waals surface area (Å²) in [7, 11) is 0. The van der Waals surface area contributed by atoms with Crippen molar-refractivity contribution in [1.29, 1.82) is 0 Å². The van der Waals surface area contributed by atoms with Crippen molar-refractivity contribution in [3.63, 3.8) is 0 Å². The van der Waals surface area contributed by atoms with E-state index in [1.165, 1.54) is 11.3 Å². The quantitative estimate of drug-likeness (QED) is 0.853. The molecule has 1 fully saturated rings. The fourth-order valence-corrected chi connectivity index (χ4v) is 3.00. The Labute approximate surface area is 119 Å². The number of hydrogen-bond acceptors (Lipinski definition) is 2. The number of rotatable bonds is 1. The molecule has 2 nitrogen and oxygen atoms in total. The van der Waals surface area contributed by atoms with Crippen molar-refractivity contribution in [1.82, 2.24) is 5.32 Å². The minimum atomic E-state index is 0.307. The second kappa shape index (κ2) is 5.22. The molecule has 1 aromatic rings. The van der Waals surface area contributed by atoms with Crippen LogP contribution in [0.2, 0.25) is 0 Å². The molecule has 2 rings (SSSR count). The first-order chi connectivity index (χ1) is 8.38. The van der Waals surface area contributed by atoms with Crippen LogP contribution in [0.1, 0.15) is 26.3 Å². The van der Waals surface area contributed by atoms with Crippen LogP contribution in [-0.4, -0.2) is 25.7 Å². The second-order valence-corrected chi connectivity index (χ2v) is 7.17. The number of nitrogens with zero attached hydrogens (tertiary/aromatic N) is 1. The first kappa shape index (κ1) is 13.9. The highest BCUT2D eigenvalue weighted by molar-refractivity contribution is 9.10. The molecule has 1 aliphatic rings. The molecular weight excluding hydrogens is 288 g/mol. The lowest BCUT2D eigenvalue weighted by atomic mass is 9.85. The molecule has 1 aromatic carbocycles. The standard InChI is InChI=1S/C15H23BrN2/c1-11-9-12(16)5-6-13(11)18-8-7-17-14(10-18)15(2,3)4/h5-6,9,14,17H,7-8,10H2,1-4H3. The summed E-state index contributed by atoms with van der Waals surface area (Å²) in [5.74, 6) is 0. The van der Waals surface area contributed by atoms with Gasteiger partial charge >= 0.3 is 0 Å². The highest BCUT2D eigenvalue weighted by atomic mass is 79.9. The molecule has 1 atom stereocenters. The monoisotopic (exact) mass is 310 g/mol. The summed E-state index contributed by atoms with van der Waals surface area (Å²) in [5, 5.41) is 3.64. The number of hydrogen-bond donors (Lipinski definition) is 1. The number of piperazine rings is 1. The molecule has 1 saturated heterocycles. The Morgan fingerprint density at radius 3 is 2.67 bits per heavy atom. The fraction of sp³-hybridized carbons (Fsp3) is 0.600. The molecule has 0 spiro atoms. The third-order valence-electron chi connectivity index (χ3n) is 3.72. The van der Waals surface area contributed by atoms with Gasteiger partial charge in [-0.1, -0.05) is 36.7 Å². The molecule has 0 radical (unpaired) electrons. The van der Waals surface area contributed by atoms with Gasteiger partial charge in [0.15, 0.2) is 0 Å². The number of anilines is 1. The van der Waals surface area contributed by atoms with E-state index in [0.717, 1.165) is 24.1 Å². The average molecular weight is 311 g/mol. The van der Waals surface area contributed by atoms with Gasteiger partial charge in [0.2, 0.25) is 0 Å². The smallest absolute Gasteiger partial charge is 0.0397 e. The maximum atomic E-state index is 3.64. The summed E-state index contributed by atoms with van der Waals surface area (Å²) in [6.07, 6.45) is 0. The lowest BCUT2D eigenvalue weighted by Crippen LogP contribution is -2.56. The Kier molecular flexibility index (Phi) is 4.02. The topological polar surface area (TPSA) is 15.3 Å². The van der Waals surface area contributed by atoms with Crippen LogP contribution >= 0.6 is 15.9 Å². The van der Waals surface area contributed by atoms with Crippen molar-refractivity contribution >= 4 is 21.6 Å². The Balaban J connectivity index is 2.18. The Morgan fingerprint density at radius 2 is 2.06 bits per heavy atom. The highest BCUT2D eigenvalue weighted by Gasteiger charge is 2.29. The van der Waals surface area contributed by atoms with E-state index < -0.39 is 0 Å². The molecule has 0 amide bonds. The van der Waals surface area contributed by atoms with Gasteiger partial charge in [0.05, 0.1) is 0 Å². The summed E-state index contributed by atoms with van der Waals surface area (Å²) >= 11 is 3.53. The fourth-order valence-electron chi connectivity index (χ4n) is 2.52. The summed E-state index contributed by atoms with van der Waals surface area (Å²) in [6.45, 7) is 12.4. The van der Waals surface area contributed by atoms with Crippen molar-refractivity contribution in [2.24, 2.45) is 5.41 Å². The van der Waals surface area contributed by atoms with Gasteiger partial charge in [-0.25, -0.2) is 0 Å². The maximum Gasteiger partial charge on any atom is 0.0397 e. The summed E-state index contributed by atoms with van der Waals surface area (Å²) in [5.41, 5.74) is 3.02. The van der Waals surface area contributed by atoms with E-state index in [4.69, 9.17) is 0 Å². The number of benzene rings is 1. The minimum Gasteiger partial charge on any atom is -0.368 e. The zero-order chi connectivity index (χ0) is 13.3. The van der Waals surface area contributed by atoms with Gasteiger partial charge in [0.1, 0.15) is 0 Å². The van der Waals surface area contributed by atoms with Crippen molar-refractivity contribution in [3.8, 4) is 0 Å². The third-order valence-corrected chi connectivity index (χ3v) is 4.21. The highest BCUT2D eigenvalue weighted by Crippen LogP contribution is 2.28. The SMILES string of the molecule is Cc1cc(Br)ccc1N1CCNC(C(C)(C)C)C1. The van der Waals surface area contributed by atoms with Crippen LogP contribution in [0.25, 0.3) is 0 Å². The van der Waals surface area contributed by atoms with Crippen LogP contribution in [0.3, 0.4) is 0 Å². The maximum absolute atomic E-state index is 3.64. The molecular formula is C15H23BrN2. The molecule has 1 heterocycles. The number of aryl methyl sites for hydroxylation is 1. The molecule has 100 valence electrons. The molecule has 18 heavy (non-hydrogen) atoms. The van der Waals surface area contributed by atoms with Crippen LogP contribution in [0.4, 0.5) is 5.69 Å². The van der Waals surface area contributed by atoms with E-state index in [1.54, 1.807) is 0 Å². The number of halogens is 1. The van der Waals surface area contributed by atoms with Crippen LogP contribution in [-0.2, 0) is 0 Å². The first-order valence-corrected chi connectivity index (χ1v) is 7.42. The van der Waals surface area contributed by atoms with Crippen LogP contribution < -0.4 is 10.2 Å². The predicted octanol–water partition coefficient (Wildman–Crippen LogP) is 3.58. The van der Waals surface area contributed by atoms with Crippen LogP contribution in [0.5, 0.6) is 0 Å². The average Bonchev–Trinajstić information content (AvgIpc) is 2.28. The molecule has 1 N–H and O–H groups in total. The van der Waals surface area contributed by atoms with Gasteiger partial charge < -0.3 is 10.2 Å². The molecule has 1 unspecified atom stereocenters. The van der Waals surface area contributed by atoms with Gasteiger partial charge in [0.25, 0.3) is 0 Å². The van der Waals surface area contributed by atoms with Gasteiger partial charge in [0, 0.05) is 35.8 Å². The first-order valence-electron chi connectivity index (χ1n) is 6.62. The third kappa shape index (κ3) is 3.07. The van der Waals surface area contributed by atoms with E-state index >= 15 is 0 Å². The minimum absolute atomic E-state index is 0.307.